The normalized spacial score (nSPS) is 34.9. The summed E-state index contributed by atoms with van der Waals surface area (Å²) in [5, 5.41) is 6.19. The molecule has 0 radical (unpaired) electrons. The summed E-state index contributed by atoms with van der Waals surface area (Å²) in [5.74, 6) is 1.28. The fourth-order valence-corrected chi connectivity index (χ4v) is 2.08. The Hall–Kier alpha value is -0.770. The number of piperidine rings is 1. The summed E-state index contributed by atoms with van der Waals surface area (Å²) >= 11 is 0. The van der Waals surface area contributed by atoms with Gasteiger partial charge in [0.05, 0.1) is 0 Å². The van der Waals surface area contributed by atoms with Gasteiger partial charge in [-0.1, -0.05) is 0 Å². The van der Waals surface area contributed by atoms with E-state index in [-0.39, 0.29) is 6.09 Å². The fraction of sp³-hybridized carbons (Fsp3) is 0.900. The van der Waals surface area contributed by atoms with Gasteiger partial charge >= 0.3 is 6.09 Å². The molecule has 0 spiro atoms. The van der Waals surface area contributed by atoms with Crippen LogP contribution in [0.4, 0.5) is 4.79 Å². The van der Waals surface area contributed by atoms with Gasteiger partial charge in [-0.15, -0.1) is 0 Å². The molecule has 1 saturated carbocycles. The second-order valence-corrected chi connectivity index (χ2v) is 5.16. The van der Waals surface area contributed by atoms with E-state index in [9.17, 15) is 4.79 Å². The maximum Gasteiger partial charge on any atom is 0.407 e. The van der Waals surface area contributed by atoms with E-state index in [1.807, 2.05) is 20.8 Å². The van der Waals surface area contributed by atoms with E-state index in [0.717, 1.165) is 13.1 Å². The number of alkyl carbamates (subject to hydrolysis) is 1. The molecule has 0 aromatic carbocycles. The molecule has 0 bridgehead atoms. The van der Waals surface area contributed by atoms with Crippen molar-refractivity contribution in [1.29, 1.82) is 0 Å². The van der Waals surface area contributed by atoms with Crippen molar-refractivity contribution in [2.45, 2.75) is 32.4 Å². The molecule has 2 N–H and O–H groups in total. The van der Waals surface area contributed by atoms with Gasteiger partial charge in [-0.3, -0.25) is 0 Å². The van der Waals surface area contributed by atoms with Crippen LogP contribution >= 0.6 is 0 Å². The van der Waals surface area contributed by atoms with Crippen LogP contribution in [0.5, 0.6) is 0 Å². The van der Waals surface area contributed by atoms with Crippen LogP contribution in [0.2, 0.25) is 0 Å². The smallest absolute Gasteiger partial charge is 0.407 e. The summed E-state index contributed by atoms with van der Waals surface area (Å²) < 4.78 is 5.18. The van der Waals surface area contributed by atoms with Crippen LogP contribution in [0.3, 0.4) is 0 Å². The lowest BCUT2D eigenvalue weighted by Crippen LogP contribution is -2.37. The maximum atomic E-state index is 11.4. The number of nitrogens with one attached hydrogen (secondary N) is 2. The topological polar surface area (TPSA) is 50.4 Å². The summed E-state index contributed by atoms with van der Waals surface area (Å²) in [7, 11) is 0. The van der Waals surface area contributed by atoms with Gasteiger partial charge < -0.3 is 15.4 Å². The highest BCUT2D eigenvalue weighted by atomic mass is 16.6. The van der Waals surface area contributed by atoms with E-state index >= 15 is 0 Å². The summed E-state index contributed by atoms with van der Waals surface area (Å²) in [6, 6.07) is 0.353. The number of hydrogen-bond acceptors (Lipinski definition) is 3. The van der Waals surface area contributed by atoms with Gasteiger partial charge in [0.2, 0.25) is 0 Å². The van der Waals surface area contributed by atoms with E-state index in [0.29, 0.717) is 17.9 Å². The number of amides is 1. The lowest BCUT2D eigenvalue weighted by atomic mass is 10.2. The minimum atomic E-state index is -0.396. The largest absolute Gasteiger partial charge is 0.444 e. The zero-order valence-corrected chi connectivity index (χ0v) is 8.96. The van der Waals surface area contributed by atoms with Gasteiger partial charge in [-0.05, 0) is 32.6 Å². The number of carbonyl (C=O) groups is 1. The maximum absolute atomic E-state index is 11.4. The monoisotopic (exact) mass is 198 g/mol. The predicted octanol–water partition coefficient (Wildman–Crippen LogP) is 0.729. The molecule has 0 aromatic heterocycles. The second kappa shape index (κ2) is 3.12. The molecular weight excluding hydrogens is 180 g/mol. The Morgan fingerprint density at radius 3 is 2.43 bits per heavy atom. The number of fused-ring (bicyclic) bond motifs is 1. The first-order valence-corrected chi connectivity index (χ1v) is 5.17. The third-order valence-corrected chi connectivity index (χ3v) is 2.78. The van der Waals surface area contributed by atoms with Gasteiger partial charge in [-0.2, -0.15) is 0 Å². The highest BCUT2D eigenvalue weighted by Crippen LogP contribution is 2.41. The molecule has 4 nitrogen and oxygen atoms in total. The quantitative estimate of drug-likeness (QED) is 0.653. The zero-order chi connectivity index (χ0) is 10.3. The predicted molar refractivity (Wildman–Crippen MR) is 53.0 cm³/mol. The number of rotatable bonds is 1. The molecule has 14 heavy (non-hydrogen) atoms. The van der Waals surface area contributed by atoms with Crippen molar-refractivity contribution < 1.29 is 9.53 Å². The summed E-state index contributed by atoms with van der Waals surface area (Å²) in [5.41, 5.74) is -0.396. The summed E-state index contributed by atoms with van der Waals surface area (Å²) in [4.78, 5) is 11.4. The third-order valence-electron chi connectivity index (χ3n) is 2.78. The molecule has 2 aliphatic rings. The number of hydrogen-bond donors (Lipinski definition) is 2. The molecule has 0 unspecified atom stereocenters. The van der Waals surface area contributed by atoms with Crippen LogP contribution < -0.4 is 10.6 Å². The molecule has 80 valence electrons. The van der Waals surface area contributed by atoms with Crippen LogP contribution in [0.15, 0.2) is 0 Å². The summed E-state index contributed by atoms with van der Waals surface area (Å²) in [6.45, 7) is 7.70. The molecule has 1 amide bonds. The average Bonchev–Trinajstić information content (AvgIpc) is 2.50. The molecule has 0 aromatic rings. The molecule has 2 rings (SSSR count). The van der Waals surface area contributed by atoms with Crippen molar-refractivity contribution in [3.05, 3.63) is 0 Å². The molecule has 2 atom stereocenters. The lowest BCUT2D eigenvalue weighted by Gasteiger charge is -2.20. The first-order valence-electron chi connectivity index (χ1n) is 5.17. The van der Waals surface area contributed by atoms with E-state index in [2.05, 4.69) is 10.6 Å². The Bertz CT molecular complexity index is 237. The molecular formula is C10H18N2O2. The second-order valence-electron chi connectivity index (χ2n) is 5.16. The van der Waals surface area contributed by atoms with E-state index in [4.69, 9.17) is 4.74 Å². The van der Waals surface area contributed by atoms with Gasteiger partial charge in [-0.25, -0.2) is 4.79 Å². The van der Waals surface area contributed by atoms with Crippen molar-refractivity contribution in [2.75, 3.05) is 13.1 Å². The molecule has 4 heteroatoms. The fourth-order valence-electron chi connectivity index (χ4n) is 2.08. The number of ether oxygens (including phenoxy) is 1. The Morgan fingerprint density at radius 1 is 1.36 bits per heavy atom. The Morgan fingerprint density at radius 2 is 1.93 bits per heavy atom. The van der Waals surface area contributed by atoms with Crippen LogP contribution in [-0.2, 0) is 4.74 Å². The van der Waals surface area contributed by atoms with Crippen molar-refractivity contribution >= 4 is 6.09 Å². The molecule has 1 saturated heterocycles. The van der Waals surface area contributed by atoms with E-state index in [1.54, 1.807) is 0 Å². The first-order chi connectivity index (χ1) is 6.47. The highest BCUT2D eigenvalue weighted by molar-refractivity contribution is 5.68. The van der Waals surface area contributed by atoms with Crippen LogP contribution in [0.1, 0.15) is 20.8 Å². The van der Waals surface area contributed by atoms with Crippen molar-refractivity contribution in [1.82, 2.24) is 10.6 Å². The lowest BCUT2D eigenvalue weighted by molar-refractivity contribution is 0.0518. The molecule has 2 fully saturated rings. The van der Waals surface area contributed by atoms with Gasteiger partial charge in [0.25, 0.3) is 0 Å². The SMILES string of the molecule is CC(C)(C)OC(=O)NC1[C@H]2CNC[C@H]12. The Balaban J connectivity index is 1.74. The minimum Gasteiger partial charge on any atom is -0.444 e. The highest BCUT2D eigenvalue weighted by Gasteiger charge is 2.54. The Kier molecular flexibility index (Phi) is 2.18. The van der Waals surface area contributed by atoms with Gasteiger partial charge in [0.15, 0.2) is 0 Å². The standard InChI is InChI=1S/C10H18N2O2/c1-10(2,3)14-9(13)12-8-6-4-11-5-7(6)8/h6-8,11H,4-5H2,1-3H3,(H,12,13)/t6-,7-/m0/s1. The minimum absolute atomic E-state index is 0.281. The van der Waals surface area contributed by atoms with Crippen molar-refractivity contribution in [3.8, 4) is 0 Å². The first kappa shape index (κ1) is 9.77. The Labute approximate surface area is 84.4 Å². The van der Waals surface area contributed by atoms with Crippen LogP contribution in [0.25, 0.3) is 0 Å². The van der Waals surface area contributed by atoms with Crippen LogP contribution in [0, 0.1) is 11.8 Å². The van der Waals surface area contributed by atoms with E-state index < -0.39 is 5.60 Å². The van der Waals surface area contributed by atoms with Crippen molar-refractivity contribution in [2.24, 2.45) is 11.8 Å². The average molecular weight is 198 g/mol. The van der Waals surface area contributed by atoms with Crippen LogP contribution in [-0.4, -0.2) is 30.8 Å². The summed E-state index contributed by atoms with van der Waals surface area (Å²) in [6.07, 6.45) is -0.281. The third kappa shape index (κ3) is 2.00. The van der Waals surface area contributed by atoms with Gasteiger partial charge in [0.1, 0.15) is 5.60 Å². The molecule has 1 aliphatic heterocycles. The molecule has 1 aliphatic carbocycles. The van der Waals surface area contributed by atoms with Gasteiger partial charge in [0, 0.05) is 19.1 Å². The molecule has 1 heterocycles. The number of carbonyl (C=O) groups excluding carboxylic acids is 1. The van der Waals surface area contributed by atoms with Crippen molar-refractivity contribution in [3.63, 3.8) is 0 Å². The van der Waals surface area contributed by atoms with E-state index in [1.165, 1.54) is 0 Å². The zero-order valence-electron chi connectivity index (χ0n) is 8.96.